The molecule has 0 saturated carbocycles. The van der Waals surface area contributed by atoms with Gasteiger partial charge in [-0.2, -0.15) is 0 Å². The minimum absolute atomic E-state index is 0.0960. The van der Waals surface area contributed by atoms with Crippen LogP contribution in [0.5, 0.6) is 0 Å². The van der Waals surface area contributed by atoms with Gasteiger partial charge in [0.05, 0.1) is 17.3 Å². The maximum Gasteiger partial charge on any atom is 0.295 e. The van der Waals surface area contributed by atoms with E-state index in [1.165, 1.54) is 0 Å². The minimum atomic E-state index is -0.676. The van der Waals surface area contributed by atoms with Crippen LogP contribution in [0.3, 0.4) is 0 Å². The van der Waals surface area contributed by atoms with Crippen LogP contribution in [-0.4, -0.2) is 63.2 Å². The molecule has 1 aromatic carbocycles. The summed E-state index contributed by atoms with van der Waals surface area (Å²) in [5, 5.41) is 11.3. The number of carbonyl (C=O) groups excluding carboxylic acids is 2. The van der Waals surface area contributed by atoms with Crippen molar-refractivity contribution < 1.29 is 14.7 Å². The lowest BCUT2D eigenvalue weighted by molar-refractivity contribution is -0.140. The lowest BCUT2D eigenvalue weighted by Crippen LogP contribution is -2.35. The maximum atomic E-state index is 13.1. The van der Waals surface area contributed by atoms with Gasteiger partial charge in [-0.3, -0.25) is 14.0 Å². The van der Waals surface area contributed by atoms with Crippen LogP contribution in [0, 0.1) is 6.92 Å². The Bertz CT molecular complexity index is 1150. The van der Waals surface area contributed by atoms with Crippen molar-refractivity contribution in [1.82, 2.24) is 19.2 Å². The molecular weight excluding hydrogens is 380 g/mol. The Morgan fingerprint density at radius 2 is 1.80 bits per heavy atom. The zero-order valence-corrected chi connectivity index (χ0v) is 17.2. The number of aliphatic hydroxyl groups is 1. The topological polar surface area (TPSA) is 78.1 Å². The molecule has 0 radical (unpaired) electrons. The molecule has 7 nitrogen and oxygen atoms in total. The lowest BCUT2D eigenvalue weighted by atomic mass is 9.96. The van der Waals surface area contributed by atoms with Gasteiger partial charge < -0.3 is 14.9 Å². The molecule has 0 unspecified atom stereocenters. The molecule has 7 heteroatoms. The molecule has 1 aliphatic heterocycles. The van der Waals surface area contributed by atoms with Crippen molar-refractivity contribution in [3.8, 4) is 0 Å². The highest BCUT2D eigenvalue weighted by molar-refractivity contribution is 6.46. The number of benzene rings is 1. The first-order valence-corrected chi connectivity index (χ1v) is 9.82. The van der Waals surface area contributed by atoms with Gasteiger partial charge in [0, 0.05) is 19.3 Å². The number of ketones is 1. The van der Waals surface area contributed by atoms with E-state index in [4.69, 9.17) is 0 Å². The number of rotatable bonds is 5. The van der Waals surface area contributed by atoms with E-state index in [1.807, 2.05) is 67.5 Å². The molecule has 1 saturated heterocycles. The summed E-state index contributed by atoms with van der Waals surface area (Å²) in [5.74, 6) is -1.48. The van der Waals surface area contributed by atoms with E-state index >= 15 is 0 Å². The molecule has 1 amide bonds. The molecule has 0 spiro atoms. The number of aliphatic hydroxyl groups excluding tert-OH is 1. The monoisotopic (exact) mass is 404 g/mol. The fraction of sp³-hybridized carbons (Fsp3) is 0.261. The lowest BCUT2D eigenvalue weighted by Gasteiger charge is -2.26. The normalized spacial score (nSPS) is 18.7. The van der Waals surface area contributed by atoms with Gasteiger partial charge in [0.15, 0.2) is 5.76 Å². The van der Waals surface area contributed by atoms with Gasteiger partial charge in [-0.15, -0.1) is 0 Å². The van der Waals surface area contributed by atoms with Gasteiger partial charge in [0.1, 0.15) is 11.3 Å². The van der Waals surface area contributed by atoms with Crippen molar-refractivity contribution in [2.45, 2.75) is 13.0 Å². The molecular formula is C23H24N4O3. The molecule has 0 aliphatic carbocycles. The van der Waals surface area contributed by atoms with Gasteiger partial charge in [0.25, 0.3) is 11.7 Å². The number of carbonyl (C=O) groups is 2. The molecule has 1 aliphatic rings. The summed E-state index contributed by atoms with van der Waals surface area (Å²) in [5.41, 5.74) is 2.55. The van der Waals surface area contributed by atoms with Crippen LogP contribution >= 0.6 is 0 Å². The number of aryl methyl sites for hydroxylation is 1. The standard InChI is InChI=1S/C23H24N4O3/c1-15-19(26-12-8-7-11-17(26)24-15)21(28)18-20(16-9-5-4-6-10-16)27(14-13-25(2)3)23(30)22(18)29/h4-12,20,28H,13-14H2,1-3H3/b21-18+/t20-/m1/s1. The first-order valence-electron chi connectivity index (χ1n) is 9.82. The van der Waals surface area contributed by atoms with Crippen LogP contribution in [0.15, 0.2) is 60.3 Å². The van der Waals surface area contributed by atoms with Crippen molar-refractivity contribution in [1.29, 1.82) is 0 Å². The molecule has 0 bridgehead atoms. The molecule has 154 valence electrons. The second-order valence-electron chi connectivity index (χ2n) is 7.68. The number of aromatic nitrogens is 2. The average Bonchev–Trinajstić information content (AvgIpc) is 3.20. The molecule has 3 aromatic rings. The summed E-state index contributed by atoms with van der Waals surface area (Å²) < 4.78 is 1.74. The van der Waals surface area contributed by atoms with Crippen molar-refractivity contribution in [3.63, 3.8) is 0 Å². The van der Waals surface area contributed by atoms with Crippen LogP contribution < -0.4 is 0 Å². The minimum Gasteiger partial charge on any atom is -0.505 e. The summed E-state index contributed by atoms with van der Waals surface area (Å²) in [6.07, 6.45) is 1.78. The Morgan fingerprint density at radius 3 is 2.50 bits per heavy atom. The maximum absolute atomic E-state index is 13.1. The van der Waals surface area contributed by atoms with E-state index in [1.54, 1.807) is 22.4 Å². The second kappa shape index (κ2) is 7.76. The van der Waals surface area contributed by atoms with Crippen LogP contribution in [0.4, 0.5) is 0 Å². The predicted octanol–water partition coefficient (Wildman–Crippen LogP) is 2.63. The first-order chi connectivity index (χ1) is 14.4. The van der Waals surface area contributed by atoms with Gasteiger partial charge in [-0.05, 0) is 38.7 Å². The Balaban J connectivity index is 1.92. The van der Waals surface area contributed by atoms with E-state index in [0.717, 1.165) is 5.56 Å². The number of fused-ring (bicyclic) bond motifs is 1. The average molecular weight is 404 g/mol. The van der Waals surface area contributed by atoms with Crippen LogP contribution in [0.2, 0.25) is 0 Å². The van der Waals surface area contributed by atoms with Gasteiger partial charge >= 0.3 is 0 Å². The summed E-state index contributed by atoms with van der Waals surface area (Å²) in [7, 11) is 3.83. The van der Waals surface area contributed by atoms with Gasteiger partial charge in [0.2, 0.25) is 0 Å². The molecule has 3 heterocycles. The van der Waals surface area contributed by atoms with Gasteiger partial charge in [-0.1, -0.05) is 36.4 Å². The molecule has 1 atom stereocenters. The number of hydrogen-bond acceptors (Lipinski definition) is 5. The van der Waals surface area contributed by atoms with Crippen LogP contribution in [-0.2, 0) is 9.59 Å². The van der Waals surface area contributed by atoms with Crippen LogP contribution in [0.1, 0.15) is 23.0 Å². The number of imidazole rings is 1. The summed E-state index contributed by atoms with van der Waals surface area (Å²) in [4.78, 5) is 34.0. The Hall–Kier alpha value is -3.45. The summed E-state index contributed by atoms with van der Waals surface area (Å²) in [6, 6.07) is 14.2. The predicted molar refractivity (Wildman–Crippen MR) is 114 cm³/mol. The third-order valence-electron chi connectivity index (χ3n) is 5.37. The molecule has 1 N–H and O–H groups in total. The van der Waals surface area contributed by atoms with E-state index in [9.17, 15) is 14.7 Å². The number of Topliss-reactive ketones (excluding diaryl/α,β-unsaturated/α-hetero) is 1. The van der Waals surface area contributed by atoms with Gasteiger partial charge in [-0.25, -0.2) is 4.98 Å². The first kappa shape index (κ1) is 19.8. The summed E-state index contributed by atoms with van der Waals surface area (Å²) >= 11 is 0. The van der Waals surface area contributed by atoms with Crippen molar-refractivity contribution in [3.05, 3.63) is 77.3 Å². The highest BCUT2D eigenvalue weighted by Crippen LogP contribution is 2.39. The highest BCUT2D eigenvalue weighted by Gasteiger charge is 2.46. The quantitative estimate of drug-likeness (QED) is 0.402. The van der Waals surface area contributed by atoms with E-state index in [-0.39, 0.29) is 11.3 Å². The summed E-state index contributed by atoms with van der Waals surface area (Å²) in [6.45, 7) is 2.76. The molecule has 2 aromatic heterocycles. The van der Waals surface area contributed by atoms with Crippen molar-refractivity contribution in [2.75, 3.05) is 27.2 Å². The molecule has 1 fully saturated rings. The smallest absolute Gasteiger partial charge is 0.295 e. The zero-order valence-electron chi connectivity index (χ0n) is 17.2. The molecule has 30 heavy (non-hydrogen) atoms. The second-order valence-corrected chi connectivity index (χ2v) is 7.68. The fourth-order valence-corrected chi connectivity index (χ4v) is 3.93. The number of pyridine rings is 1. The number of likely N-dealkylation sites (tertiary alicyclic amines) is 1. The van der Waals surface area contributed by atoms with E-state index in [2.05, 4.69) is 4.98 Å². The molecule has 4 rings (SSSR count). The fourth-order valence-electron chi connectivity index (χ4n) is 3.93. The third-order valence-corrected chi connectivity index (χ3v) is 5.37. The SMILES string of the molecule is Cc1nc2ccccn2c1/C(O)=C1\C(=O)C(=O)N(CCN(C)C)[C@@H]1c1ccccc1. The largest absolute Gasteiger partial charge is 0.505 e. The number of likely N-dealkylation sites (N-methyl/N-ethyl adjacent to an activating group) is 1. The number of amides is 1. The number of nitrogens with zero attached hydrogens (tertiary/aromatic N) is 4. The van der Waals surface area contributed by atoms with Crippen molar-refractivity contribution >= 4 is 23.1 Å². The Morgan fingerprint density at radius 1 is 1.10 bits per heavy atom. The third kappa shape index (κ3) is 3.27. The van der Waals surface area contributed by atoms with E-state index < -0.39 is 17.7 Å². The highest BCUT2D eigenvalue weighted by atomic mass is 16.3. The van der Waals surface area contributed by atoms with Crippen LogP contribution in [0.25, 0.3) is 11.4 Å². The van der Waals surface area contributed by atoms with E-state index in [0.29, 0.717) is 30.1 Å². The number of hydrogen-bond donors (Lipinski definition) is 1. The Labute approximate surface area is 174 Å². The zero-order chi connectivity index (χ0) is 21.4. The van der Waals surface area contributed by atoms with Crippen molar-refractivity contribution in [2.24, 2.45) is 0 Å². The Kier molecular flexibility index (Phi) is 5.13.